The topological polar surface area (TPSA) is 56.6 Å². The molecule has 0 spiro atoms. The summed E-state index contributed by atoms with van der Waals surface area (Å²) in [6, 6.07) is 2.51. The van der Waals surface area contributed by atoms with E-state index in [1.165, 1.54) is 12.8 Å². The van der Waals surface area contributed by atoms with Crippen LogP contribution in [0.15, 0.2) is 0 Å². The highest BCUT2D eigenvalue weighted by molar-refractivity contribution is 5.68. The van der Waals surface area contributed by atoms with E-state index in [0.29, 0.717) is 13.1 Å². The molecular formula is C15H25N3O2. The Morgan fingerprint density at radius 2 is 1.70 bits per heavy atom. The first-order valence-electron chi connectivity index (χ1n) is 7.51. The molecule has 0 aromatic carbocycles. The predicted molar refractivity (Wildman–Crippen MR) is 76.2 cm³/mol. The summed E-state index contributed by atoms with van der Waals surface area (Å²) >= 11 is 0. The Labute approximate surface area is 121 Å². The molecule has 20 heavy (non-hydrogen) atoms. The molecule has 0 aliphatic carbocycles. The zero-order valence-corrected chi connectivity index (χ0v) is 12.8. The zero-order valence-electron chi connectivity index (χ0n) is 12.8. The molecule has 0 saturated carbocycles. The first-order chi connectivity index (χ1) is 9.36. The molecule has 2 aliphatic rings. The molecule has 2 rings (SSSR count). The second kappa shape index (κ2) is 5.61. The van der Waals surface area contributed by atoms with Gasteiger partial charge in [0.15, 0.2) is 0 Å². The average molecular weight is 279 g/mol. The van der Waals surface area contributed by atoms with Crippen LogP contribution in [-0.4, -0.2) is 53.2 Å². The highest BCUT2D eigenvalue weighted by Crippen LogP contribution is 2.31. The van der Waals surface area contributed by atoms with Crippen molar-refractivity contribution in [2.24, 2.45) is 0 Å². The monoisotopic (exact) mass is 279 g/mol. The van der Waals surface area contributed by atoms with Crippen molar-refractivity contribution >= 4 is 6.09 Å². The fourth-order valence-corrected chi connectivity index (χ4v) is 3.03. The summed E-state index contributed by atoms with van der Waals surface area (Å²) in [5.41, 5.74) is -0.829. The number of rotatable bonds is 1. The van der Waals surface area contributed by atoms with Crippen LogP contribution in [0.2, 0.25) is 0 Å². The minimum Gasteiger partial charge on any atom is -0.444 e. The van der Waals surface area contributed by atoms with Crippen LogP contribution in [0.1, 0.15) is 46.5 Å². The van der Waals surface area contributed by atoms with Gasteiger partial charge in [-0.05, 0) is 59.5 Å². The van der Waals surface area contributed by atoms with Crippen LogP contribution in [0, 0.1) is 11.3 Å². The molecule has 0 N–H and O–H groups in total. The number of ether oxygens (including phenoxy) is 1. The summed E-state index contributed by atoms with van der Waals surface area (Å²) in [5.74, 6) is 0. The van der Waals surface area contributed by atoms with Crippen molar-refractivity contribution in [3.8, 4) is 6.07 Å². The van der Waals surface area contributed by atoms with Crippen molar-refractivity contribution in [2.75, 3.05) is 26.2 Å². The molecule has 2 fully saturated rings. The summed E-state index contributed by atoms with van der Waals surface area (Å²) in [6.07, 6.45) is 3.55. The molecule has 2 saturated heterocycles. The number of piperidine rings is 1. The van der Waals surface area contributed by atoms with Crippen molar-refractivity contribution < 1.29 is 9.53 Å². The molecule has 2 heterocycles. The number of hydrogen-bond acceptors (Lipinski definition) is 4. The van der Waals surface area contributed by atoms with E-state index in [4.69, 9.17) is 4.74 Å². The normalized spacial score (nSPS) is 23.4. The number of amides is 1. The maximum absolute atomic E-state index is 12.0. The molecular weight excluding hydrogens is 254 g/mol. The van der Waals surface area contributed by atoms with Crippen molar-refractivity contribution in [3.63, 3.8) is 0 Å². The van der Waals surface area contributed by atoms with Gasteiger partial charge in [-0.1, -0.05) is 0 Å². The van der Waals surface area contributed by atoms with Crippen LogP contribution >= 0.6 is 0 Å². The Morgan fingerprint density at radius 3 is 2.15 bits per heavy atom. The van der Waals surface area contributed by atoms with E-state index >= 15 is 0 Å². The molecule has 0 radical (unpaired) electrons. The minimum atomic E-state index is -0.462. The van der Waals surface area contributed by atoms with Crippen LogP contribution in [0.3, 0.4) is 0 Å². The summed E-state index contributed by atoms with van der Waals surface area (Å²) in [5, 5.41) is 9.59. The van der Waals surface area contributed by atoms with Gasteiger partial charge < -0.3 is 9.64 Å². The van der Waals surface area contributed by atoms with Gasteiger partial charge in [0.05, 0.1) is 6.07 Å². The highest BCUT2D eigenvalue weighted by Gasteiger charge is 2.42. The molecule has 0 unspecified atom stereocenters. The molecule has 5 heteroatoms. The Kier molecular flexibility index (Phi) is 4.24. The maximum atomic E-state index is 12.0. The summed E-state index contributed by atoms with van der Waals surface area (Å²) in [4.78, 5) is 16.1. The molecule has 0 bridgehead atoms. The summed E-state index contributed by atoms with van der Waals surface area (Å²) in [7, 11) is 0. The largest absolute Gasteiger partial charge is 0.444 e. The third kappa shape index (κ3) is 3.24. The van der Waals surface area contributed by atoms with Gasteiger partial charge in [-0.3, -0.25) is 4.90 Å². The Bertz CT molecular complexity index is 394. The molecule has 112 valence electrons. The predicted octanol–water partition coefficient (Wildman–Crippen LogP) is 2.38. The Morgan fingerprint density at radius 1 is 1.15 bits per heavy atom. The van der Waals surface area contributed by atoms with E-state index in [0.717, 1.165) is 25.9 Å². The Balaban J connectivity index is 1.94. The molecule has 5 nitrogen and oxygen atoms in total. The molecule has 2 aliphatic heterocycles. The third-order valence-electron chi connectivity index (χ3n) is 4.16. The lowest BCUT2D eigenvalue weighted by atomic mass is 9.87. The third-order valence-corrected chi connectivity index (χ3v) is 4.16. The van der Waals surface area contributed by atoms with Crippen LogP contribution in [0.25, 0.3) is 0 Å². The minimum absolute atomic E-state index is 0.259. The highest BCUT2D eigenvalue weighted by atomic mass is 16.6. The molecule has 1 amide bonds. The zero-order chi connectivity index (χ0) is 14.8. The van der Waals surface area contributed by atoms with E-state index in [-0.39, 0.29) is 11.6 Å². The fourth-order valence-electron chi connectivity index (χ4n) is 3.03. The number of nitrogens with zero attached hydrogens (tertiary/aromatic N) is 3. The van der Waals surface area contributed by atoms with Crippen LogP contribution in [0.4, 0.5) is 4.79 Å². The van der Waals surface area contributed by atoms with Crippen molar-refractivity contribution in [1.82, 2.24) is 9.80 Å². The van der Waals surface area contributed by atoms with Crippen LogP contribution in [-0.2, 0) is 4.74 Å². The average Bonchev–Trinajstić information content (AvgIpc) is 2.91. The van der Waals surface area contributed by atoms with E-state index < -0.39 is 5.60 Å². The number of hydrogen-bond donors (Lipinski definition) is 0. The van der Waals surface area contributed by atoms with Crippen LogP contribution in [0.5, 0.6) is 0 Å². The number of likely N-dealkylation sites (tertiary alicyclic amines) is 2. The SMILES string of the molecule is CC(C)(C)OC(=O)N1CCC(C#N)(N2CCCC2)CC1. The van der Waals surface area contributed by atoms with Gasteiger partial charge >= 0.3 is 6.09 Å². The Hall–Kier alpha value is -1.28. The fraction of sp³-hybridized carbons (Fsp3) is 0.867. The van der Waals surface area contributed by atoms with Gasteiger partial charge in [0.2, 0.25) is 0 Å². The van der Waals surface area contributed by atoms with Gasteiger partial charge in [-0.15, -0.1) is 0 Å². The second-order valence-corrected chi connectivity index (χ2v) is 6.80. The number of carbonyl (C=O) groups excluding carboxylic acids is 1. The van der Waals surface area contributed by atoms with Gasteiger partial charge in [-0.25, -0.2) is 4.79 Å². The molecule has 0 atom stereocenters. The first-order valence-corrected chi connectivity index (χ1v) is 7.51. The summed E-state index contributed by atoms with van der Waals surface area (Å²) < 4.78 is 5.39. The smallest absolute Gasteiger partial charge is 0.410 e. The van der Waals surface area contributed by atoms with Crippen molar-refractivity contribution in [1.29, 1.82) is 5.26 Å². The quantitative estimate of drug-likeness (QED) is 0.739. The van der Waals surface area contributed by atoms with Gasteiger partial charge in [0.25, 0.3) is 0 Å². The lowest BCUT2D eigenvalue weighted by molar-refractivity contribution is 0.00888. The van der Waals surface area contributed by atoms with E-state index in [1.54, 1.807) is 4.90 Å². The van der Waals surface area contributed by atoms with E-state index in [1.807, 2.05) is 20.8 Å². The number of carbonyl (C=O) groups is 1. The van der Waals surface area contributed by atoms with E-state index in [2.05, 4.69) is 11.0 Å². The van der Waals surface area contributed by atoms with Gasteiger partial charge in [-0.2, -0.15) is 5.26 Å². The van der Waals surface area contributed by atoms with Crippen LogP contribution < -0.4 is 0 Å². The van der Waals surface area contributed by atoms with Gasteiger partial charge in [0, 0.05) is 13.1 Å². The maximum Gasteiger partial charge on any atom is 0.410 e. The lowest BCUT2D eigenvalue weighted by Gasteiger charge is -2.42. The van der Waals surface area contributed by atoms with Crippen molar-refractivity contribution in [3.05, 3.63) is 0 Å². The van der Waals surface area contributed by atoms with Gasteiger partial charge in [0.1, 0.15) is 11.1 Å². The van der Waals surface area contributed by atoms with E-state index in [9.17, 15) is 10.1 Å². The lowest BCUT2D eigenvalue weighted by Crippen LogP contribution is -2.55. The number of nitriles is 1. The summed E-state index contributed by atoms with van der Waals surface area (Å²) in [6.45, 7) is 8.87. The van der Waals surface area contributed by atoms with Crippen molar-refractivity contribution in [2.45, 2.75) is 57.6 Å². The first kappa shape index (κ1) is 15.1. The standard InChI is InChI=1S/C15H25N3O2/c1-14(2,3)20-13(19)17-10-6-15(12-16,7-11-17)18-8-4-5-9-18/h4-11H2,1-3H3. The molecule has 0 aromatic rings. The second-order valence-electron chi connectivity index (χ2n) is 6.80. The molecule has 0 aromatic heterocycles.